The van der Waals surface area contributed by atoms with Gasteiger partial charge in [0.25, 0.3) is 0 Å². The zero-order valence-corrected chi connectivity index (χ0v) is 14.7. The second-order valence-electron chi connectivity index (χ2n) is 5.20. The van der Waals surface area contributed by atoms with Crippen molar-refractivity contribution in [1.29, 1.82) is 0 Å². The molecule has 0 aromatic heterocycles. The van der Waals surface area contributed by atoms with Crippen molar-refractivity contribution in [3.8, 4) is 0 Å². The van der Waals surface area contributed by atoms with E-state index in [2.05, 4.69) is 6.92 Å². The Bertz CT molecular complexity index is 208. The van der Waals surface area contributed by atoms with Gasteiger partial charge in [-0.15, -0.1) is 23.2 Å². The lowest BCUT2D eigenvalue weighted by molar-refractivity contribution is 0.562. The van der Waals surface area contributed by atoms with Crippen molar-refractivity contribution in [3.63, 3.8) is 0 Å². The summed E-state index contributed by atoms with van der Waals surface area (Å²) in [5.41, 5.74) is 0. The standard InChI is InChI=1S/C15H30Cl2OS/c1-2-3-4-5-6-7-8-9-10-11-12-19(18)15(13-16)14-17/h15H,2-14H2,1H3/t19-/m1/s1. The molecule has 0 aromatic carbocycles. The number of halogens is 2. The molecule has 1 atom stereocenters. The van der Waals surface area contributed by atoms with Gasteiger partial charge in [-0.3, -0.25) is 4.21 Å². The maximum absolute atomic E-state index is 11.8. The van der Waals surface area contributed by atoms with Gasteiger partial charge in [-0.1, -0.05) is 64.7 Å². The van der Waals surface area contributed by atoms with Crippen molar-refractivity contribution in [2.24, 2.45) is 0 Å². The van der Waals surface area contributed by atoms with Crippen LogP contribution in [-0.2, 0) is 10.8 Å². The van der Waals surface area contributed by atoms with Gasteiger partial charge in [0, 0.05) is 28.3 Å². The summed E-state index contributed by atoms with van der Waals surface area (Å²) < 4.78 is 11.8. The number of hydrogen-bond donors (Lipinski definition) is 0. The molecule has 0 bridgehead atoms. The molecular weight excluding hydrogens is 299 g/mol. The Morgan fingerprint density at radius 3 is 1.63 bits per heavy atom. The number of hydrogen-bond acceptors (Lipinski definition) is 1. The van der Waals surface area contributed by atoms with Gasteiger partial charge in [-0.05, 0) is 6.42 Å². The van der Waals surface area contributed by atoms with Crippen LogP contribution < -0.4 is 0 Å². The predicted octanol–water partition coefficient (Wildman–Crippen LogP) is 5.50. The quantitative estimate of drug-likeness (QED) is 0.304. The molecule has 0 saturated carbocycles. The van der Waals surface area contributed by atoms with E-state index in [9.17, 15) is 4.21 Å². The first-order valence-corrected chi connectivity index (χ1v) is 10.2. The normalized spacial score (nSPS) is 13.1. The molecule has 0 saturated heterocycles. The summed E-state index contributed by atoms with van der Waals surface area (Å²) in [6.07, 6.45) is 13.1. The monoisotopic (exact) mass is 328 g/mol. The Labute approximate surface area is 132 Å². The maximum Gasteiger partial charge on any atom is 0.0618 e. The molecule has 0 heterocycles. The smallest absolute Gasteiger partial charge is 0.0618 e. The van der Waals surface area contributed by atoms with Crippen LogP contribution in [0.4, 0.5) is 0 Å². The van der Waals surface area contributed by atoms with Crippen LogP contribution in [-0.4, -0.2) is 27.0 Å². The lowest BCUT2D eigenvalue weighted by Gasteiger charge is -2.09. The molecule has 0 unspecified atom stereocenters. The fourth-order valence-corrected chi connectivity index (χ4v) is 4.36. The SMILES string of the molecule is CCCCCCCCCCCC[S@@](=O)C(CCl)CCl. The molecule has 0 rings (SSSR count). The number of alkyl halides is 2. The van der Waals surface area contributed by atoms with Crippen LogP contribution in [0.15, 0.2) is 0 Å². The fourth-order valence-electron chi connectivity index (χ4n) is 2.08. The van der Waals surface area contributed by atoms with Gasteiger partial charge < -0.3 is 0 Å². The minimum Gasteiger partial charge on any atom is -0.259 e. The first kappa shape index (κ1) is 19.7. The highest BCUT2D eigenvalue weighted by atomic mass is 35.5. The molecule has 1 nitrogen and oxygen atoms in total. The van der Waals surface area contributed by atoms with E-state index in [1.165, 1.54) is 57.8 Å². The van der Waals surface area contributed by atoms with Crippen LogP contribution in [0, 0.1) is 0 Å². The molecule has 0 radical (unpaired) electrons. The van der Waals surface area contributed by atoms with Gasteiger partial charge in [-0.2, -0.15) is 0 Å². The van der Waals surface area contributed by atoms with Gasteiger partial charge in [0.2, 0.25) is 0 Å². The lowest BCUT2D eigenvalue weighted by Crippen LogP contribution is -2.21. The summed E-state index contributed by atoms with van der Waals surface area (Å²) in [5.74, 6) is 1.59. The molecule has 0 aromatic rings. The molecule has 4 heteroatoms. The van der Waals surface area contributed by atoms with E-state index in [1.807, 2.05) is 0 Å². The summed E-state index contributed by atoms with van der Waals surface area (Å²) in [7, 11) is -0.834. The van der Waals surface area contributed by atoms with Crippen LogP contribution in [0.1, 0.15) is 71.1 Å². The third-order valence-electron chi connectivity index (χ3n) is 3.42. The van der Waals surface area contributed by atoms with Crippen molar-refractivity contribution in [3.05, 3.63) is 0 Å². The van der Waals surface area contributed by atoms with Crippen LogP contribution >= 0.6 is 23.2 Å². The zero-order valence-electron chi connectivity index (χ0n) is 12.3. The third-order valence-corrected chi connectivity index (χ3v) is 6.29. The van der Waals surface area contributed by atoms with E-state index in [-0.39, 0.29) is 5.25 Å². The first-order valence-electron chi connectivity index (χ1n) is 7.75. The van der Waals surface area contributed by atoms with E-state index < -0.39 is 10.8 Å². The molecule has 0 amide bonds. The van der Waals surface area contributed by atoms with Gasteiger partial charge in [-0.25, -0.2) is 0 Å². The molecular formula is C15H30Cl2OS. The molecule has 0 aliphatic carbocycles. The van der Waals surface area contributed by atoms with Gasteiger partial charge in [0.1, 0.15) is 0 Å². The summed E-state index contributed by atoms with van der Waals surface area (Å²) in [6.45, 7) is 2.25. The first-order chi connectivity index (χ1) is 9.26. The second kappa shape index (κ2) is 15.1. The fraction of sp³-hybridized carbons (Fsp3) is 1.00. The molecule has 0 spiro atoms. The van der Waals surface area contributed by atoms with Crippen LogP contribution in [0.25, 0.3) is 0 Å². The Hall–Kier alpha value is 0.730. The van der Waals surface area contributed by atoms with E-state index in [4.69, 9.17) is 23.2 Å². The Morgan fingerprint density at radius 1 is 0.789 bits per heavy atom. The highest BCUT2D eigenvalue weighted by Crippen LogP contribution is 2.11. The van der Waals surface area contributed by atoms with Crippen molar-refractivity contribution < 1.29 is 4.21 Å². The summed E-state index contributed by atoms with van der Waals surface area (Å²) >= 11 is 11.4. The largest absolute Gasteiger partial charge is 0.259 e. The molecule has 0 aliphatic heterocycles. The van der Waals surface area contributed by atoms with E-state index in [0.29, 0.717) is 11.8 Å². The lowest BCUT2D eigenvalue weighted by atomic mass is 10.1. The molecule has 19 heavy (non-hydrogen) atoms. The minimum atomic E-state index is -0.834. The Balaban J connectivity index is 3.24. The van der Waals surface area contributed by atoms with Crippen molar-refractivity contribution in [2.75, 3.05) is 17.5 Å². The second-order valence-corrected chi connectivity index (χ2v) is 7.65. The Morgan fingerprint density at radius 2 is 1.21 bits per heavy atom. The third kappa shape index (κ3) is 12.2. The highest BCUT2D eigenvalue weighted by Gasteiger charge is 2.13. The minimum absolute atomic E-state index is 0.0260. The maximum atomic E-state index is 11.8. The average molecular weight is 329 g/mol. The predicted molar refractivity (Wildman–Crippen MR) is 90.1 cm³/mol. The topological polar surface area (TPSA) is 17.1 Å². The average Bonchev–Trinajstić information content (AvgIpc) is 2.42. The van der Waals surface area contributed by atoms with E-state index in [1.54, 1.807) is 0 Å². The van der Waals surface area contributed by atoms with Crippen molar-refractivity contribution >= 4 is 34.0 Å². The van der Waals surface area contributed by atoms with E-state index in [0.717, 1.165) is 12.2 Å². The van der Waals surface area contributed by atoms with Crippen LogP contribution in [0.2, 0.25) is 0 Å². The van der Waals surface area contributed by atoms with Gasteiger partial charge >= 0.3 is 0 Å². The molecule has 0 N–H and O–H groups in total. The summed E-state index contributed by atoms with van der Waals surface area (Å²) in [4.78, 5) is 0. The van der Waals surface area contributed by atoms with Gasteiger partial charge in [0.15, 0.2) is 0 Å². The van der Waals surface area contributed by atoms with E-state index >= 15 is 0 Å². The molecule has 0 aliphatic rings. The van der Waals surface area contributed by atoms with Gasteiger partial charge in [0.05, 0.1) is 5.25 Å². The van der Waals surface area contributed by atoms with Crippen LogP contribution in [0.5, 0.6) is 0 Å². The van der Waals surface area contributed by atoms with Crippen molar-refractivity contribution in [2.45, 2.75) is 76.4 Å². The Kier molecular flexibility index (Phi) is 15.7. The number of unbranched alkanes of at least 4 members (excludes halogenated alkanes) is 9. The molecule has 116 valence electrons. The molecule has 0 fully saturated rings. The van der Waals surface area contributed by atoms with Crippen molar-refractivity contribution in [1.82, 2.24) is 0 Å². The number of rotatable bonds is 14. The summed E-state index contributed by atoms with van der Waals surface area (Å²) in [5, 5.41) is -0.0260. The highest BCUT2D eigenvalue weighted by molar-refractivity contribution is 7.85. The zero-order chi connectivity index (χ0) is 14.3. The summed E-state index contributed by atoms with van der Waals surface area (Å²) in [6, 6.07) is 0. The van der Waals surface area contributed by atoms with Crippen LogP contribution in [0.3, 0.4) is 0 Å².